The molecular weight excluding hydrogens is 210 g/mol. The number of hydrogen-bond donors (Lipinski definition) is 1. The summed E-state index contributed by atoms with van der Waals surface area (Å²) in [5.74, 6) is 0. The Morgan fingerprint density at radius 1 is 0.824 bits per heavy atom. The quantitative estimate of drug-likeness (QED) is 0.611. The zero-order valence-corrected chi connectivity index (χ0v) is 13.7. The number of rotatable bonds is 8. The first-order chi connectivity index (χ1) is 7.83. The zero-order chi connectivity index (χ0) is 13.9. The van der Waals surface area contributed by atoms with E-state index in [0.717, 1.165) is 4.48 Å². The van der Waals surface area contributed by atoms with Gasteiger partial charge in [-0.1, -0.05) is 20.8 Å². The summed E-state index contributed by atoms with van der Waals surface area (Å²) in [6, 6.07) is 0. The minimum atomic E-state index is 1.08. The van der Waals surface area contributed by atoms with Crippen LogP contribution in [0.4, 0.5) is 0 Å². The third-order valence-electron chi connectivity index (χ3n) is 3.03. The van der Waals surface area contributed by atoms with E-state index in [1.54, 1.807) is 0 Å². The highest BCUT2D eigenvalue weighted by Crippen LogP contribution is 2.04. The normalized spacial score (nSPS) is 14.8. The molecule has 0 radical (unpaired) electrons. The average molecular weight is 248 g/mol. The summed E-state index contributed by atoms with van der Waals surface area (Å²) in [5, 5.41) is 2.29. The molecule has 0 saturated carbocycles. The van der Waals surface area contributed by atoms with Crippen LogP contribution in [0, 0.1) is 0 Å². The van der Waals surface area contributed by atoms with E-state index in [9.17, 15) is 0 Å². The Balaban J connectivity index is 0. The Labute approximate surface area is 110 Å². The standard InChI is InChI=1S/C12H31N3.C2H6/c1-7-9-15(6,10-8-13-2)12-11-14(3,4)5;1-2/h13H,7-12H2,1-6H3;1-2H3/q+2;/p+1. The van der Waals surface area contributed by atoms with Crippen LogP contribution in [0.25, 0.3) is 0 Å². The third-order valence-corrected chi connectivity index (χ3v) is 3.03. The topological polar surface area (TPSA) is 16.6 Å². The van der Waals surface area contributed by atoms with Gasteiger partial charge in [0.25, 0.3) is 0 Å². The van der Waals surface area contributed by atoms with Gasteiger partial charge in [-0.25, -0.2) is 0 Å². The molecule has 3 nitrogen and oxygen atoms in total. The van der Waals surface area contributed by atoms with Crippen LogP contribution in [0.5, 0.6) is 0 Å². The van der Waals surface area contributed by atoms with Crippen LogP contribution in [0.3, 0.4) is 0 Å². The van der Waals surface area contributed by atoms with Gasteiger partial charge in [0.15, 0.2) is 0 Å². The van der Waals surface area contributed by atoms with Gasteiger partial charge < -0.3 is 14.3 Å². The number of quaternary nitrogens is 3. The molecule has 0 bridgehead atoms. The lowest BCUT2D eigenvalue weighted by Crippen LogP contribution is -2.82. The van der Waals surface area contributed by atoms with Crippen LogP contribution in [-0.4, -0.2) is 76.9 Å². The maximum atomic E-state index is 2.41. The molecule has 0 spiro atoms. The molecule has 1 unspecified atom stereocenters. The SMILES string of the molecule is CC.CCC[N+](C)(CC[NH2+]C)CC[N+](C)(C)C. The summed E-state index contributed by atoms with van der Waals surface area (Å²) >= 11 is 0. The second-order valence-corrected chi connectivity index (χ2v) is 6.00. The van der Waals surface area contributed by atoms with Crippen molar-refractivity contribution in [3.63, 3.8) is 0 Å². The molecule has 0 fully saturated rings. The van der Waals surface area contributed by atoms with Gasteiger partial charge in [-0.05, 0) is 6.42 Å². The maximum absolute atomic E-state index is 2.41. The fourth-order valence-electron chi connectivity index (χ4n) is 1.86. The first-order valence-electron chi connectivity index (χ1n) is 7.25. The zero-order valence-electron chi connectivity index (χ0n) is 13.7. The lowest BCUT2D eigenvalue weighted by Gasteiger charge is -2.36. The van der Waals surface area contributed by atoms with E-state index >= 15 is 0 Å². The Bertz CT molecular complexity index is 163. The Morgan fingerprint density at radius 2 is 1.35 bits per heavy atom. The van der Waals surface area contributed by atoms with Crippen molar-refractivity contribution in [1.29, 1.82) is 0 Å². The lowest BCUT2D eigenvalue weighted by molar-refractivity contribution is -0.954. The highest BCUT2D eigenvalue weighted by atomic mass is 15.4. The number of likely N-dealkylation sites (N-methyl/N-ethyl adjacent to an activating group) is 3. The molecule has 0 aliphatic heterocycles. The number of hydrogen-bond acceptors (Lipinski definition) is 0. The van der Waals surface area contributed by atoms with E-state index in [4.69, 9.17) is 0 Å². The van der Waals surface area contributed by atoms with Gasteiger partial charge in [0.05, 0.1) is 41.8 Å². The average Bonchev–Trinajstić information content (AvgIpc) is 2.26. The van der Waals surface area contributed by atoms with E-state index in [2.05, 4.69) is 47.5 Å². The van der Waals surface area contributed by atoms with Crippen LogP contribution >= 0.6 is 0 Å². The Hall–Kier alpha value is -0.120. The molecule has 0 rings (SSSR count). The molecule has 0 aliphatic rings. The van der Waals surface area contributed by atoms with Crippen molar-refractivity contribution >= 4 is 0 Å². The Morgan fingerprint density at radius 3 is 1.71 bits per heavy atom. The van der Waals surface area contributed by atoms with E-state index in [1.165, 1.54) is 43.6 Å². The predicted molar refractivity (Wildman–Crippen MR) is 78.0 cm³/mol. The van der Waals surface area contributed by atoms with Gasteiger partial charge in [0.1, 0.15) is 26.2 Å². The first-order valence-corrected chi connectivity index (χ1v) is 7.25. The first kappa shape index (κ1) is 19.2. The molecule has 0 amide bonds. The number of nitrogens with two attached hydrogens (primary N) is 1. The predicted octanol–water partition coefficient (Wildman–Crippen LogP) is 0.769. The molecule has 0 aromatic carbocycles. The molecule has 0 aromatic heterocycles. The van der Waals surface area contributed by atoms with Crippen LogP contribution in [-0.2, 0) is 0 Å². The van der Waals surface area contributed by atoms with E-state index in [1.807, 2.05) is 13.8 Å². The second kappa shape index (κ2) is 9.86. The summed E-state index contributed by atoms with van der Waals surface area (Å²) in [6.45, 7) is 12.7. The summed E-state index contributed by atoms with van der Waals surface area (Å²) < 4.78 is 2.31. The summed E-state index contributed by atoms with van der Waals surface area (Å²) in [6.07, 6.45) is 1.29. The smallest absolute Gasteiger partial charge is 0.128 e. The Kier molecular flexibility index (Phi) is 11.2. The minimum Gasteiger partial charge on any atom is -0.344 e. The van der Waals surface area contributed by atoms with Crippen molar-refractivity contribution in [3.8, 4) is 0 Å². The van der Waals surface area contributed by atoms with E-state index in [-0.39, 0.29) is 0 Å². The fraction of sp³-hybridized carbons (Fsp3) is 1.00. The maximum Gasteiger partial charge on any atom is 0.128 e. The molecule has 3 heteroatoms. The van der Waals surface area contributed by atoms with E-state index in [0.29, 0.717) is 0 Å². The van der Waals surface area contributed by atoms with Crippen molar-refractivity contribution in [2.24, 2.45) is 0 Å². The van der Waals surface area contributed by atoms with Crippen molar-refractivity contribution < 1.29 is 14.3 Å². The third kappa shape index (κ3) is 12.1. The van der Waals surface area contributed by atoms with Gasteiger partial charge in [-0.2, -0.15) is 0 Å². The van der Waals surface area contributed by atoms with Crippen molar-refractivity contribution in [3.05, 3.63) is 0 Å². The van der Waals surface area contributed by atoms with E-state index < -0.39 is 0 Å². The summed E-state index contributed by atoms with van der Waals surface area (Å²) in [4.78, 5) is 0. The van der Waals surface area contributed by atoms with Gasteiger partial charge in [-0.15, -0.1) is 0 Å². The van der Waals surface area contributed by atoms with Gasteiger partial charge in [0.2, 0.25) is 0 Å². The van der Waals surface area contributed by atoms with Gasteiger partial charge >= 0.3 is 0 Å². The second-order valence-electron chi connectivity index (χ2n) is 6.00. The highest BCUT2D eigenvalue weighted by molar-refractivity contribution is 4.39. The van der Waals surface area contributed by atoms with Gasteiger partial charge in [0, 0.05) is 0 Å². The molecule has 17 heavy (non-hydrogen) atoms. The molecule has 106 valence electrons. The van der Waals surface area contributed by atoms with Crippen molar-refractivity contribution in [2.45, 2.75) is 27.2 Å². The highest BCUT2D eigenvalue weighted by Gasteiger charge is 2.23. The molecular formula is C14H38N3+3. The van der Waals surface area contributed by atoms with Crippen LogP contribution in [0.1, 0.15) is 27.2 Å². The summed E-state index contributed by atoms with van der Waals surface area (Å²) in [7, 11) is 11.4. The molecule has 0 saturated heterocycles. The van der Waals surface area contributed by atoms with Crippen molar-refractivity contribution in [2.75, 3.05) is 68.0 Å². The molecule has 0 aliphatic carbocycles. The minimum absolute atomic E-state index is 1.08. The molecule has 2 N–H and O–H groups in total. The van der Waals surface area contributed by atoms with Gasteiger partial charge in [-0.3, -0.25) is 0 Å². The fourth-order valence-corrected chi connectivity index (χ4v) is 1.86. The molecule has 0 aromatic rings. The molecule has 0 heterocycles. The number of nitrogens with zero attached hydrogens (tertiary/aromatic N) is 2. The monoisotopic (exact) mass is 248 g/mol. The van der Waals surface area contributed by atoms with Crippen LogP contribution in [0.2, 0.25) is 0 Å². The molecule has 1 atom stereocenters. The van der Waals surface area contributed by atoms with Crippen LogP contribution in [0.15, 0.2) is 0 Å². The largest absolute Gasteiger partial charge is 0.344 e. The van der Waals surface area contributed by atoms with Crippen LogP contribution < -0.4 is 5.32 Å². The summed E-state index contributed by atoms with van der Waals surface area (Å²) in [5.41, 5.74) is 0. The lowest BCUT2D eigenvalue weighted by atomic mass is 10.3. The van der Waals surface area contributed by atoms with Crippen molar-refractivity contribution in [1.82, 2.24) is 0 Å².